The van der Waals surface area contributed by atoms with Crippen LogP contribution in [0.15, 0.2) is 42.5 Å². The van der Waals surface area contributed by atoms with Gasteiger partial charge in [0.25, 0.3) is 0 Å². The van der Waals surface area contributed by atoms with E-state index in [4.69, 9.17) is 9.47 Å². The number of anilines is 1. The summed E-state index contributed by atoms with van der Waals surface area (Å²) in [6.07, 6.45) is 2.01. The minimum atomic E-state index is -0.0195. The van der Waals surface area contributed by atoms with Crippen molar-refractivity contribution in [1.82, 2.24) is 5.32 Å². The van der Waals surface area contributed by atoms with Crippen molar-refractivity contribution in [2.24, 2.45) is 0 Å². The average Bonchev–Trinajstić information content (AvgIpc) is 2.74. The standard InChI is InChI=1S/C24H34N2O3/c1-5-7-15-29-23-17-22(24(28-4)16-21(23)19(3)27)26(6-2)14-13-25-18-20-11-9-8-10-12-20/h8-12,16-17,25H,5-7,13-15,18H2,1-4H3. The molecule has 0 aliphatic carbocycles. The number of unbranched alkanes of at least 4 members (excludes halogenated alkanes) is 1. The molecule has 5 nitrogen and oxygen atoms in total. The second kappa shape index (κ2) is 12.1. The molecule has 0 spiro atoms. The highest BCUT2D eigenvalue weighted by Crippen LogP contribution is 2.36. The van der Waals surface area contributed by atoms with Crippen LogP contribution in [0.2, 0.25) is 0 Å². The van der Waals surface area contributed by atoms with E-state index in [0.717, 1.165) is 44.7 Å². The number of carbonyl (C=O) groups is 1. The lowest BCUT2D eigenvalue weighted by Gasteiger charge is -2.26. The summed E-state index contributed by atoms with van der Waals surface area (Å²) in [4.78, 5) is 14.3. The Morgan fingerprint density at radius 1 is 1.10 bits per heavy atom. The fourth-order valence-corrected chi connectivity index (χ4v) is 3.17. The molecule has 2 aromatic carbocycles. The summed E-state index contributed by atoms with van der Waals surface area (Å²) in [7, 11) is 1.64. The van der Waals surface area contributed by atoms with Gasteiger partial charge in [-0.15, -0.1) is 0 Å². The number of nitrogens with one attached hydrogen (secondary N) is 1. The Bertz CT molecular complexity index is 762. The van der Waals surface area contributed by atoms with Crippen molar-refractivity contribution in [3.05, 3.63) is 53.6 Å². The molecule has 0 unspecified atom stereocenters. The topological polar surface area (TPSA) is 50.8 Å². The van der Waals surface area contributed by atoms with E-state index in [1.807, 2.05) is 12.1 Å². The van der Waals surface area contributed by atoms with Crippen LogP contribution in [-0.2, 0) is 6.54 Å². The quantitative estimate of drug-likeness (QED) is 0.392. The highest BCUT2D eigenvalue weighted by molar-refractivity contribution is 5.98. The Hall–Kier alpha value is -2.53. The molecule has 158 valence electrons. The number of hydrogen-bond donors (Lipinski definition) is 1. The van der Waals surface area contributed by atoms with E-state index in [1.54, 1.807) is 20.1 Å². The predicted octanol–water partition coefficient (Wildman–Crippen LogP) is 4.69. The Morgan fingerprint density at radius 3 is 2.48 bits per heavy atom. The first kappa shape index (κ1) is 22.8. The van der Waals surface area contributed by atoms with Crippen molar-refractivity contribution < 1.29 is 14.3 Å². The van der Waals surface area contributed by atoms with Crippen LogP contribution in [0, 0.1) is 0 Å². The van der Waals surface area contributed by atoms with Crippen molar-refractivity contribution in [3.8, 4) is 11.5 Å². The van der Waals surface area contributed by atoms with E-state index < -0.39 is 0 Å². The van der Waals surface area contributed by atoms with Crippen LogP contribution in [0.25, 0.3) is 0 Å². The SMILES string of the molecule is CCCCOc1cc(N(CC)CCNCc2ccccc2)c(OC)cc1C(C)=O. The van der Waals surface area contributed by atoms with Gasteiger partial charge in [0, 0.05) is 32.2 Å². The molecule has 0 heterocycles. The number of ketones is 1. The van der Waals surface area contributed by atoms with Crippen molar-refractivity contribution in [2.75, 3.05) is 38.3 Å². The van der Waals surface area contributed by atoms with Crippen molar-refractivity contribution in [1.29, 1.82) is 0 Å². The molecule has 1 N–H and O–H groups in total. The molecule has 0 saturated carbocycles. The lowest BCUT2D eigenvalue weighted by molar-refractivity contribution is 0.101. The fraction of sp³-hybridized carbons (Fsp3) is 0.458. The van der Waals surface area contributed by atoms with Crippen LogP contribution in [0.1, 0.15) is 49.5 Å². The monoisotopic (exact) mass is 398 g/mol. The lowest BCUT2D eigenvalue weighted by atomic mass is 10.1. The number of ether oxygens (including phenoxy) is 2. The number of rotatable bonds is 13. The number of benzene rings is 2. The van der Waals surface area contributed by atoms with Crippen molar-refractivity contribution >= 4 is 11.5 Å². The summed E-state index contributed by atoms with van der Waals surface area (Å²) in [5, 5.41) is 3.49. The summed E-state index contributed by atoms with van der Waals surface area (Å²) >= 11 is 0. The van der Waals surface area contributed by atoms with Gasteiger partial charge in [-0.3, -0.25) is 4.79 Å². The molecule has 0 aliphatic heterocycles. The molecule has 0 saturated heterocycles. The van der Waals surface area contributed by atoms with Gasteiger partial charge in [0.05, 0.1) is 25.0 Å². The van der Waals surface area contributed by atoms with Gasteiger partial charge in [-0.05, 0) is 31.9 Å². The molecule has 0 radical (unpaired) electrons. The number of methoxy groups -OCH3 is 1. The molecule has 0 aromatic heterocycles. The first-order valence-electron chi connectivity index (χ1n) is 10.5. The number of hydrogen-bond acceptors (Lipinski definition) is 5. The largest absolute Gasteiger partial charge is 0.495 e. The van der Waals surface area contributed by atoms with E-state index in [1.165, 1.54) is 5.56 Å². The van der Waals surface area contributed by atoms with Gasteiger partial charge in [-0.25, -0.2) is 0 Å². The number of carbonyl (C=O) groups excluding carboxylic acids is 1. The summed E-state index contributed by atoms with van der Waals surface area (Å²) in [6, 6.07) is 14.1. The maximum absolute atomic E-state index is 12.1. The van der Waals surface area contributed by atoms with Gasteiger partial charge < -0.3 is 19.7 Å². The molecule has 2 rings (SSSR count). The smallest absolute Gasteiger partial charge is 0.163 e. The maximum Gasteiger partial charge on any atom is 0.163 e. The summed E-state index contributed by atoms with van der Waals surface area (Å²) < 4.78 is 11.5. The molecular formula is C24H34N2O3. The van der Waals surface area contributed by atoms with Gasteiger partial charge in [0.1, 0.15) is 11.5 Å². The van der Waals surface area contributed by atoms with E-state index in [9.17, 15) is 4.79 Å². The third kappa shape index (κ3) is 6.79. The van der Waals surface area contributed by atoms with Gasteiger partial charge >= 0.3 is 0 Å². The second-order valence-electron chi connectivity index (χ2n) is 7.02. The van der Waals surface area contributed by atoms with Crippen LogP contribution in [0.4, 0.5) is 5.69 Å². The number of Topliss-reactive ketones (excluding diaryl/α,β-unsaturated/α-hetero) is 1. The highest BCUT2D eigenvalue weighted by atomic mass is 16.5. The molecule has 0 fully saturated rings. The predicted molar refractivity (Wildman–Crippen MR) is 119 cm³/mol. The molecule has 29 heavy (non-hydrogen) atoms. The van der Waals surface area contributed by atoms with Crippen molar-refractivity contribution in [3.63, 3.8) is 0 Å². The van der Waals surface area contributed by atoms with E-state index in [2.05, 4.69) is 48.3 Å². The zero-order valence-corrected chi connectivity index (χ0v) is 18.2. The molecule has 5 heteroatoms. The zero-order valence-electron chi connectivity index (χ0n) is 18.2. The molecule has 2 aromatic rings. The van der Waals surface area contributed by atoms with Crippen LogP contribution in [0.3, 0.4) is 0 Å². The first-order chi connectivity index (χ1) is 14.1. The first-order valence-corrected chi connectivity index (χ1v) is 10.5. The normalized spacial score (nSPS) is 10.6. The molecule has 0 aliphatic rings. The summed E-state index contributed by atoms with van der Waals surface area (Å²) in [6.45, 7) is 9.74. The third-order valence-electron chi connectivity index (χ3n) is 4.87. The van der Waals surface area contributed by atoms with Gasteiger partial charge in [-0.2, -0.15) is 0 Å². The number of nitrogens with zero attached hydrogens (tertiary/aromatic N) is 1. The molecule has 0 bridgehead atoms. The van der Waals surface area contributed by atoms with E-state index >= 15 is 0 Å². The van der Waals surface area contributed by atoms with Crippen LogP contribution >= 0.6 is 0 Å². The average molecular weight is 399 g/mol. The maximum atomic E-state index is 12.1. The second-order valence-corrected chi connectivity index (χ2v) is 7.02. The Morgan fingerprint density at radius 2 is 1.86 bits per heavy atom. The Labute approximate surface area is 175 Å². The molecule has 0 atom stereocenters. The van der Waals surface area contributed by atoms with Gasteiger partial charge in [0.15, 0.2) is 5.78 Å². The minimum absolute atomic E-state index is 0.0195. The fourth-order valence-electron chi connectivity index (χ4n) is 3.17. The van der Waals surface area contributed by atoms with Crippen molar-refractivity contribution in [2.45, 2.75) is 40.2 Å². The van der Waals surface area contributed by atoms with Gasteiger partial charge in [0.2, 0.25) is 0 Å². The van der Waals surface area contributed by atoms with Crippen LogP contribution in [-0.4, -0.2) is 39.1 Å². The summed E-state index contributed by atoms with van der Waals surface area (Å²) in [5.74, 6) is 1.31. The van der Waals surface area contributed by atoms with E-state index in [-0.39, 0.29) is 5.78 Å². The third-order valence-corrected chi connectivity index (χ3v) is 4.87. The number of likely N-dealkylation sites (N-methyl/N-ethyl adjacent to an activating group) is 1. The Kier molecular flexibility index (Phi) is 9.51. The van der Waals surface area contributed by atoms with E-state index in [0.29, 0.717) is 23.7 Å². The summed E-state index contributed by atoms with van der Waals surface area (Å²) in [5.41, 5.74) is 2.79. The van der Waals surface area contributed by atoms with Gasteiger partial charge in [-0.1, -0.05) is 43.7 Å². The molecule has 0 amide bonds. The van der Waals surface area contributed by atoms with Crippen LogP contribution in [0.5, 0.6) is 11.5 Å². The highest BCUT2D eigenvalue weighted by Gasteiger charge is 2.18. The zero-order chi connectivity index (χ0) is 21.1. The lowest BCUT2D eigenvalue weighted by Crippen LogP contribution is -2.32. The minimum Gasteiger partial charge on any atom is -0.495 e. The molecular weight excluding hydrogens is 364 g/mol. The van der Waals surface area contributed by atoms with Crippen LogP contribution < -0.4 is 19.7 Å². The Balaban J connectivity index is 2.12.